The van der Waals surface area contributed by atoms with Gasteiger partial charge in [0.25, 0.3) is 0 Å². The van der Waals surface area contributed by atoms with E-state index in [4.69, 9.17) is 9.47 Å². The summed E-state index contributed by atoms with van der Waals surface area (Å²) < 4.78 is 38.8. The van der Waals surface area contributed by atoms with Crippen LogP contribution in [0.5, 0.6) is 0 Å². The van der Waals surface area contributed by atoms with Crippen molar-refractivity contribution in [2.75, 3.05) is 26.3 Å². The Labute approximate surface area is 161 Å². The van der Waals surface area contributed by atoms with Gasteiger partial charge in [0.15, 0.2) is 0 Å². The fourth-order valence-corrected chi connectivity index (χ4v) is 4.52. The Kier molecular flexibility index (Phi) is 6.79. The smallest absolute Gasteiger partial charge is 0.218 e. The molecule has 0 bridgehead atoms. The number of benzene rings is 2. The van der Waals surface area contributed by atoms with Gasteiger partial charge in [-0.1, -0.05) is 67.2 Å². The molecule has 144 valence electrons. The first-order chi connectivity index (χ1) is 13.0. The van der Waals surface area contributed by atoms with Gasteiger partial charge in [0.05, 0.1) is 31.7 Å². The maximum atomic E-state index is 12.9. The van der Waals surface area contributed by atoms with Gasteiger partial charge in [0, 0.05) is 13.1 Å². The van der Waals surface area contributed by atoms with E-state index >= 15 is 0 Å². The number of ether oxygens (including phenoxy) is 2. The highest BCUT2D eigenvalue weighted by Gasteiger charge is 2.29. The third-order valence-electron chi connectivity index (χ3n) is 4.33. The van der Waals surface area contributed by atoms with E-state index in [-0.39, 0.29) is 24.9 Å². The Morgan fingerprint density at radius 3 is 2.33 bits per heavy atom. The minimum Gasteiger partial charge on any atom is -0.374 e. The molecule has 1 atom stereocenters. The molecule has 3 rings (SSSR count). The van der Waals surface area contributed by atoms with Gasteiger partial charge in [-0.05, 0) is 16.7 Å². The normalized spacial score (nSPS) is 19.0. The molecule has 1 aliphatic heterocycles. The van der Waals surface area contributed by atoms with Gasteiger partial charge in [-0.2, -0.15) is 4.31 Å². The standard InChI is InChI=1S/C21H25NO4S/c1-18-12-22(27(23,24)17-20-10-6-3-7-11-20)13-21(26-14-18)16-25-15-19-8-4-2-5-9-19/h2-11,21H,1,12-17H2/t21-/m0/s1. The van der Waals surface area contributed by atoms with Gasteiger partial charge >= 0.3 is 0 Å². The molecule has 6 heteroatoms. The molecule has 5 nitrogen and oxygen atoms in total. The highest BCUT2D eigenvalue weighted by molar-refractivity contribution is 7.88. The van der Waals surface area contributed by atoms with Crippen LogP contribution in [0.25, 0.3) is 0 Å². The molecule has 0 aliphatic carbocycles. The molecule has 0 saturated carbocycles. The van der Waals surface area contributed by atoms with E-state index in [1.165, 1.54) is 4.31 Å². The summed E-state index contributed by atoms with van der Waals surface area (Å²) in [6.07, 6.45) is -0.321. The van der Waals surface area contributed by atoms with Gasteiger partial charge in [-0.3, -0.25) is 0 Å². The van der Waals surface area contributed by atoms with Crippen molar-refractivity contribution < 1.29 is 17.9 Å². The van der Waals surface area contributed by atoms with Crippen molar-refractivity contribution in [3.05, 3.63) is 83.9 Å². The average Bonchev–Trinajstić information content (AvgIpc) is 2.85. The largest absolute Gasteiger partial charge is 0.374 e. The molecule has 0 unspecified atom stereocenters. The zero-order chi connectivity index (χ0) is 19.1. The Hall–Kier alpha value is -1.99. The molecule has 0 spiro atoms. The molecule has 0 amide bonds. The zero-order valence-corrected chi connectivity index (χ0v) is 16.1. The molecule has 2 aromatic rings. The topological polar surface area (TPSA) is 55.8 Å². The molecule has 0 aromatic heterocycles. The van der Waals surface area contributed by atoms with Crippen LogP contribution in [0.15, 0.2) is 72.8 Å². The molecule has 2 aromatic carbocycles. The maximum absolute atomic E-state index is 12.9. The van der Waals surface area contributed by atoms with E-state index in [0.717, 1.165) is 16.7 Å². The van der Waals surface area contributed by atoms with E-state index in [9.17, 15) is 8.42 Å². The summed E-state index contributed by atoms with van der Waals surface area (Å²) in [6.45, 7) is 5.63. The molecule has 0 N–H and O–H groups in total. The first kappa shape index (κ1) is 19.8. The van der Waals surface area contributed by atoms with Crippen LogP contribution in [-0.2, 0) is 31.9 Å². The van der Waals surface area contributed by atoms with Crippen LogP contribution >= 0.6 is 0 Å². The molecular weight excluding hydrogens is 362 g/mol. The predicted molar refractivity (Wildman–Crippen MR) is 106 cm³/mol. The van der Waals surface area contributed by atoms with Crippen LogP contribution in [0, 0.1) is 0 Å². The number of sulfonamides is 1. The van der Waals surface area contributed by atoms with Crippen molar-refractivity contribution in [1.29, 1.82) is 0 Å². The second kappa shape index (κ2) is 9.28. The lowest BCUT2D eigenvalue weighted by Gasteiger charge is -2.23. The number of hydrogen-bond acceptors (Lipinski definition) is 4. The van der Waals surface area contributed by atoms with Gasteiger partial charge in [0.2, 0.25) is 10.0 Å². The van der Waals surface area contributed by atoms with Gasteiger partial charge < -0.3 is 9.47 Å². The van der Waals surface area contributed by atoms with Crippen molar-refractivity contribution in [2.24, 2.45) is 0 Å². The van der Waals surface area contributed by atoms with E-state index in [1.807, 2.05) is 60.7 Å². The first-order valence-electron chi connectivity index (χ1n) is 8.94. The molecule has 1 aliphatic rings. The Morgan fingerprint density at radius 1 is 1.04 bits per heavy atom. The summed E-state index contributed by atoms with van der Waals surface area (Å²) in [4.78, 5) is 0. The summed E-state index contributed by atoms with van der Waals surface area (Å²) in [5, 5.41) is 0. The fraction of sp³-hybridized carbons (Fsp3) is 0.333. The minimum absolute atomic E-state index is 0.0291. The molecule has 1 fully saturated rings. The lowest BCUT2D eigenvalue weighted by molar-refractivity contribution is -0.0120. The van der Waals surface area contributed by atoms with Crippen molar-refractivity contribution in [3.63, 3.8) is 0 Å². The second-order valence-electron chi connectivity index (χ2n) is 6.72. The van der Waals surface area contributed by atoms with Crippen LogP contribution in [0.3, 0.4) is 0 Å². The second-order valence-corrected chi connectivity index (χ2v) is 8.69. The Bertz CT molecular complexity index is 837. The summed E-state index contributed by atoms with van der Waals surface area (Å²) in [5.41, 5.74) is 2.59. The Balaban J connectivity index is 1.61. The van der Waals surface area contributed by atoms with E-state index in [2.05, 4.69) is 6.58 Å². The van der Waals surface area contributed by atoms with Crippen molar-refractivity contribution >= 4 is 10.0 Å². The monoisotopic (exact) mass is 387 g/mol. The summed E-state index contributed by atoms with van der Waals surface area (Å²) in [6, 6.07) is 19.1. The molecule has 27 heavy (non-hydrogen) atoms. The number of nitrogens with zero attached hydrogens (tertiary/aromatic N) is 1. The molecule has 1 heterocycles. The molecule has 1 saturated heterocycles. The van der Waals surface area contributed by atoms with Gasteiger partial charge in [-0.25, -0.2) is 8.42 Å². The van der Waals surface area contributed by atoms with Crippen LogP contribution in [-0.4, -0.2) is 45.1 Å². The van der Waals surface area contributed by atoms with Gasteiger partial charge in [-0.15, -0.1) is 0 Å². The lowest BCUT2D eigenvalue weighted by atomic mass is 10.2. The van der Waals surface area contributed by atoms with Crippen molar-refractivity contribution in [3.8, 4) is 0 Å². The third kappa shape index (κ3) is 6.01. The van der Waals surface area contributed by atoms with Crippen molar-refractivity contribution in [1.82, 2.24) is 4.31 Å². The van der Waals surface area contributed by atoms with Crippen molar-refractivity contribution in [2.45, 2.75) is 18.5 Å². The lowest BCUT2D eigenvalue weighted by Crippen LogP contribution is -2.39. The predicted octanol–water partition coefficient (Wildman–Crippen LogP) is 2.99. The highest BCUT2D eigenvalue weighted by atomic mass is 32.2. The van der Waals surface area contributed by atoms with Crippen LogP contribution in [0.2, 0.25) is 0 Å². The van der Waals surface area contributed by atoms with E-state index < -0.39 is 10.0 Å². The van der Waals surface area contributed by atoms with Crippen LogP contribution < -0.4 is 0 Å². The quantitative estimate of drug-likeness (QED) is 0.686. The highest BCUT2D eigenvalue weighted by Crippen LogP contribution is 2.17. The third-order valence-corrected chi connectivity index (χ3v) is 6.09. The van der Waals surface area contributed by atoms with Crippen LogP contribution in [0.1, 0.15) is 11.1 Å². The van der Waals surface area contributed by atoms with Crippen LogP contribution in [0.4, 0.5) is 0 Å². The zero-order valence-electron chi connectivity index (χ0n) is 15.3. The molecule has 0 radical (unpaired) electrons. The SMILES string of the molecule is C=C1CO[C@H](COCc2ccccc2)CN(S(=O)(=O)Cc2ccccc2)C1. The van der Waals surface area contributed by atoms with E-state index in [1.54, 1.807) is 0 Å². The summed E-state index contributed by atoms with van der Waals surface area (Å²) in [7, 11) is -3.47. The van der Waals surface area contributed by atoms with Gasteiger partial charge in [0.1, 0.15) is 0 Å². The first-order valence-corrected chi connectivity index (χ1v) is 10.6. The van der Waals surface area contributed by atoms with E-state index in [0.29, 0.717) is 19.8 Å². The fourth-order valence-electron chi connectivity index (χ4n) is 2.95. The number of hydrogen-bond donors (Lipinski definition) is 0. The molecular formula is C21H25NO4S. The average molecular weight is 388 g/mol. The summed E-state index contributed by atoms with van der Waals surface area (Å²) >= 11 is 0. The Morgan fingerprint density at radius 2 is 1.67 bits per heavy atom. The number of rotatable bonds is 7. The minimum atomic E-state index is -3.47. The summed E-state index contributed by atoms with van der Waals surface area (Å²) in [5.74, 6) is -0.0291. The maximum Gasteiger partial charge on any atom is 0.218 e.